The van der Waals surface area contributed by atoms with Gasteiger partial charge in [0.2, 0.25) is 0 Å². The number of amides is 1. The highest BCUT2D eigenvalue weighted by molar-refractivity contribution is 7.18. The van der Waals surface area contributed by atoms with Crippen molar-refractivity contribution < 1.29 is 9.53 Å². The number of anilines is 1. The van der Waals surface area contributed by atoms with Crippen LogP contribution in [0.3, 0.4) is 0 Å². The Morgan fingerprint density at radius 2 is 1.96 bits per heavy atom. The van der Waals surface area contributed by atoms with E-state index in [2.05, 4.69) is 20.2 Å². The molecule has 0 radical (unpaired) electrons. The standard InChI is InChI=1S/C20H20N4O2S/c25-19(23-14-15-2-1-5-22-13-15)18-12-17(16-3-6-21-7-4-16)20(27-18)24-8-10-26-11-9-24/h1-7,12-13H,8-11,14H2,(H,23,25). The van der Waals surface area contributed by atoms with E-state index in [0.29, 0.717) is 24.6 Å². The molecular formula is C20H20N4O2S. The number of ether oxygens (including phenoxy) is 1. The second-order valence-corrected chi connectivity index (χ2v) is 7.24. The number of thiophene rings is 1. The van der Waals surface area contributed by atoms with E-state index in [9.17, 15) is 4.79 Å². The van der Waals surface area contributed by atoms with E-state index in [1.807, 2.05) is 30.3 Å². The van der Waals surface area contributed by atoms with E-state index < -0.39 is 0 Å². The number of carbonyl (C=O) groups is 1. The predicted octanol–water partition coefficient (Wildman–Crippen LogP) is 2.97. The Morgan fingerprint density at radius 3 is 2.70 bits per heavy atom. The molecule has 4 heterocycles. The van der Waals surface area contributed by atoms with Gasteiger partial charge < -0.3 is 15.0 Å². The molecule has 0 bridgehead atoms. The van der Waals surface area contributed by atoms with Gasteiger partial charge in [-0.3, -0.25) is 14.8 Å². The first-order chi connectivity index (χ1) is 13.3. The molecule has 4 rings (SSSR count). The summed E-state index contributed by atoms with van der Waals surface area (Å²) in [4.78, 5) is 23.9. The van der Waals surface area contributed by atoms with Crippen LogP contribution in [0.25, 0.3) is 11.1 Å². The summed E-state index contributed by atoms with van der Waals surface area (Å²) in [6.07, 6.45) is 7.03. The van der Waals surface area contributed by atoms with Crippen LogP contribution >= 0.6 is 11.3 Å². The maximum atomic E-state index is 12.7. The second kappa shape index (κ2) is 8.28. The lowest BCUT2D eigenvalue weighted by molar-refractivity contribution is 0.0955. The number of nitrogens with zero attached hydrogens (tertiary/aromatic N) is 3. The zero-order chi connectivity index (χ0) is 18.5. The Bertz CT molecular complexity index is 893. The quantitative estimate of drug-likeness (QED) is 0.737. The molecule has 1 aliphatic rings. The maximum absolute atomic E-state index is 12.7. The van der Waals surface area contributed by atoms with E-state index in [-0.39, 0.29) is 5.91 Å². The summed E-state index contributed by atoms with van der Waals surface area (Å²) in [6, 6.07) is 9.74. The Morgan fingerprint density at radius 1 is 1.15 bits per heavy atom. The van der Waals surface area contributed by atoms with Gasteiger partial charge in [-0.15, -0.1) is 11.3 Å². The largest absolute Gasteiger partial charge is 0.378 e. The molecule has 1 aliphatic heterocycles. The average molecular weight is 380 g/mol. The lowest BCUT2D eigenvalue weighted by atomic mass is 10.1. The summed E-state index contributed by atoms with van der Waals surface area (Å²) in [5, 5.41) is 4.09. The second-order valence-electron chi connectivity index (χ2n) is 6.21. The zero-order valence-corrected chi connectivity index (χ0v) is 15.6. The molecule has 0 spiro atoms. The number of hydrogen-bond donors (Lipinski definition) is 1. The number of morpholine rings is 1. The summed E-state index contributed by atoms with van der Waals surface area (Å²) in [5.74, 6) is -0.0707. The summed E-state index contributed by atoms with van der Waals surface area (Å²) < 4.78 is 5.48. The van der Waals surface area contributed by atoms with Crippen LogP contribution in [0.2, 0.25) is 0 Å². The van der Waals surface area contributed by atoms with Gasteiger partial charge in [0.05, 0.1) is 23.1 Å². The van der Waals surface area contributed by atoms with Crippen LogP contribution in [-0.4, -0.2) is 42.2 Å². The predicted molar refractivity (Wildman–Crippen MR) is 106 cm³/mol. The Balaban J connectivity index is 1.59. The number of rotatable bonds is 5. The van der Waals surface area contributed by atoms with Crippen molar-refractivity contribution in [1.82, 2.24) is 15.3 Å². The zero-order valence-electron chi connectivity index (χ0n) is 14.8. The summed E-state index contributed by atoms with van der Waals surface area (Å²) in [7, 11) is 0. The van der Waals surface area contributed by atoms with Gasteiger partial charge in [-0.05, 0) is 35.4 Å². The van der Waals surface area contributed by atoms with Crippen molar-refractivity contribution in [2.45, 2.75) is 6.54 Å². The summed E-state index contributed by atoms with van der Waals surface area (Å²) in [6.45, 7) is 3.53. The van der Waals surface area contributed by atoms with E-state index >= 15 is 0 Å². The van der Waals surface area contributed by atoms with Crippen molar-refractivity contribution >= 4 is 22.2 Å². The molecule has 1 fully saturated rings. The van der Waals surface area contributed by atoms with Crippen LogP contribution < -0.4 is 10.2 Å². The molecule has 3 aromatic heterocycles. The van der Waals surface area contributed by atoms with Gasteiger partial charge in [0.1, 0.15) is 0 Å². The smallest absolute Gasteiger partial charge is 0.261 e. The third kappa shape index (κ3) is 4.15. The summed E-state index contributed by atoms with van der Waals surface area (Å²) >= 11 is 1.53. The third-order valence-corrected chi connectivity index (χ3v) is 5.60. The van der Waals surface area contributed by atoms with Gasteiger partial charge >= 0.3 is 0 Å². The van der Waals surface area contributed by atoms with Gasteiger partial charge in [0, 0.05) is 50.0 Å². The Hall–Kier alpha value is -2.77. The van der Waals surface area contributed by atoms with Gasteiger partial charge in [-0.25, -0.2) is 0 Å². The molecule has 0 aromatic carbocycles. The molecule has 7 heteroatoms. The first-order valence-electron chi connectivity index (χ1n) is 8.85. The van der Waals surface area contributed by atoms with Gasteiger partial charge in [0.25, 0.3) is 5.91 Å². The molecule has 27 heavy (non-hydrogen) atoms. The highest BCUT2D eigenvalue weighted by atomic mass is 32.1. The minimum Gasteiger partial charge on any atom is -0.378 e. The lowest BCUT2D eigenvalue weighted by Gasteiger charge is -2.28. The summed E-state index contributed by atoms with van der Waals surface area (Å²) in [5.41, 5.74) is 3.11. The molecule has 0 unspecified atom stereocenters. The van der Waals surface area contributed by atoms with E-state index in [1.54, 1.807) is 24.8 Å². The molecule has 138 valence electrons. The molecule has 0 aliphatic carbocycles. The molecule has 1 amide bonds. The highest BCUT2D eigenvalue weighted by Gasteiger charge is 2.21. The topological polar surface area (TPSA) is 67.4 Å². The fourth-order valence-electron chi connectivity index (χ4n) is 3.01. The van der Waals surface area contributed by atoms with Crippen LogP contribution in [0.5, 0.6) is 0 Å². The van der Waals surface area contributed by atoms with Crippen LogP contribution in [0.15, 0.2) is 55.1 Å². The molecule has 1 N–H and O–H groups in total. The van der Waals surface area contributed by atoms with Crippen molar-refractivity contribution in [2.24, 2.45) is 0 Å². The van der Waals surface area contributed by atoms with Crippen molar-refractivity contribution in [3.8, 4) is 11.1 Å². The van der Waals surface area contributed by atoms with Crippen LogP contribution in [0, 0.1) is 0 Å². The number of carbonyl (C=O) groups excluding carboxylic acids is 1. The van der Waals surface area contributed by atoms with Crippen molar-refractivity contribution in [2.75, 3.05) is 31.2 Å². The number of aromatic nitrogens is 2. The van der Waals surface area contributed by atoms with E-state index in [4.69, 9.17) is 4.74 Å². The van der Waals surface area contributed by atoms with Crippen LogP contribution in [-0.2, 0) is 11.3 Å². The third-order valence-electron chi connectivity index (χ3n) is 4.40. The van der Waals surface area contributed by atoms with Crippen molar-refractivity contribution in [3.05, 3.63) is 65.6 Å². The highest BCUT2D eigenvalue weighted by Crippen LogP contribution is 2.39. The molecular weight excluding hydrogens is 360 g/mol. The molecule has 3 aromatic rings. The van der Waals surface area contributed by atoms with Gasteiger partial charge in [-0.1, -0.05) is 6.07 Å². The number of hydrogen-bond acceptors (Lipinski definition) is 6. The minimum absolute atomic E-state index is 0.0707. The molecule has 6 nitrogen and oxygen atoms in total. The molecule has 1 saturated heterocycles. The van der Waals surface area contributed by atoms with Gasteiger partial charge in [-0.2, -0.15) is 0 Å². The molecule has 0 saturated carbocycles. The number of pyridine rings is 2. The normalized spacial score (nSPS) is 14.1. The van der Waals surface area contributed by atoms with E-state index in [0.717, 1.165) is 34.8 Å². The Kier molecular flexibility index (Phi) is 5.41. The van der Waals surface area contributed by atoms with Gasteiger partial charge in [0.15, 0.2) is 0 Å². The average Bonchev–Trinajstić information content (AvgIpc) is 3.20. The lowest BCUT2D eigenvalue weighted by Crippen LogP contribution is -2.35. The van der Waals surface area contributed by atoms with Crippen LogP contribution in [0.1, 0.15) is 15.2 Å². The van der Waals surface area contributed by atoms with Crippen molar-refractivity contribution in [1.29, 1.82) is 0 Å². The first-order valence-corrected chi connectivity index (χ1v) is 9.67. The van der Waals surface area contributed by atoms with E-state index in [1.165, 1.54) is 11.3 Å². The van der Waals surface area contributed by atoms with Crippen molar-refractivity contribution in [3.63, 3.8) is 0 Å². The minimum atomic E-state index is -0.0707. The monoisotopic (exact) mass is 380 g/mol. The Labute approximate surface area is 161 Å². The van der Waals surface area contributed by atoms with Crippen LogP contribution in [0.4, 0.5) is 5.00 Å². The maximum Gasteiger partial charge on any atom is 0.261 e. The SMILES string of the molecule is O=C(NCc1cccnc1)c1cc(-c2ccncc2)c(N2CCOCC2)s1. The first kappa shape index (κ1) is 17.6. The fourth-order valence-corrected chi connectivity index (χ4v) is 4.15. The fraction of sp³-hybridized carbons (Fsp3) is 0.250. The number of nitrogens with one attached hydrogen (secondary N) is 1. The molecule has 0 atom stereocenters.